The molecule has 1 rings (SSSR count). The Morgan fingerprint density at radius 1 is 1.44 bits per heavy atom. The van der Waals surface area contributed by atoms with Gasteiger partial charge in [0.05, 0.1) is 0 Å². The predicted molar refractivity (Wildman–Crippen MR) is 63.8 cm³/mol. The van der Waals surface area contributed by atoms with Gasteiger partial charge in [0, 0.05) is 32.4 Å². The number of carbonyl (C=O) groups excluding carboxylic acids is 1. The lowest BCUT2D eigenvalue weighted by Gasteiger charge is -2.07. The number of ether oxygens (including phenoxy) is 1. The molecule has 88 valence electrons. The van der Waals surface area contributed by atoms with Crippen molar-refractivity contribution in [1.82, 2.24) is 5.32 Å². The minimum Gasteiger partial charge on any atom is -0.398 e. The zero-order valence-electron chi connectivity index (χ0n) is 9.53. The van der Waals surface area contributed by atoms with Gasteiger partial charge in [-0.3, -0.25) is 4.79 Å². The lowest BCUT2D eigenvalue weighted by molar-refractivity contribution is -0.121. The molecule has 1 amide bonds. The second kappa shape index (κ2) is 6.85. The van der Waals surface area contributed by atoms with E-state index < -0.39 is 0 Å². The number of nitrogen functional groups attached to an aromatic ring is 1. The van der Waals surface area contributed by atoms with Gasteiger partial charge in [0.15, 0.2) is 0 Å². The molecule has 4 heteroatoms. The number of nitrogens with one attached hydrogen (secondary N) is 1. The number of carbonyl (C=O) groups is 1. The lowest BCUT2D eigenvalue weighted by atomic mass is 10.2. The maximum absolute atomic E-state index is 11.4. The Balaban J connectivity index is 2.29. The molecule has 0 aliphatic heterocycles. The van der Waals surface area contributed by atoms with Crippen LogP contribution in [0.15, 0.2) is 24.3 Å². The molecule has 0 aliphatic rings. The molecule has 0 fully saturated rings. The van der Waals surface area contributed by atoms with Crippen LogP contribution in [0, 0.1) is 0 Å². The summed E-state index contributed by atoms with van der Waals surface area (Å²) in [7, 11) is 1.63. The van der Waals surface area contributed by atoms with E-state index in [1.165, 1.54) is 0 Å². The van der Waals surface area contributed by atoms with Gasteiger partial charge in [-0.25, -0.2) is 0 Å². The summed E-state index contributed by atoms with van der Waals surface area (Å²) in [6.45, 7) is 1.10. The number of nitrogens with two attached hydrogens (primary N) is 1. The van der Waals surface area contributed by atoms with Gasteiger partial charge in [-0.05, 0) is 18.1 Å². The van der Waals surface area contributed by atoms with Crippen molar-refractivity contribution in [2.24, 2.45) is 0 Å². The van der Waals surface area contributed by atoms with Crippen molar-refractivity contribution in [3.63, 3.8) is 0 Å². The Bertz CT molecular complexity index is 340. The van der Waals surface area contributed by atoms with E-state index in [0.29, 0.717) is 25.3 Å². The van der Waals surface area contributed by atoms with Crippen molar-refractivity contribution in [2.75, 3.05) is 19.5 Å². The largest absolute Gasteiger partial charge is 0.398 e. The Morgan fingerprint density at radius 2 is 2.19 bits per heavy atom. The summed E-state index contributed by atoms with van der Waals surface area (Å²) < 4.78 is 4.87. The molecule has 0 spiro atoms. The molecular weight excluding hydrogens is 204 g/mol. The smallest absolute Gasteiger partial charge is 0.220 e. The minimum atomic E-state index is 0.0281. The Kier molecular flexibility index (Phi) is 5.36. The van der Waals surface area contributed by atoms with E-state index in [2.05, 4.69) is 5.32 Å². The van der Waals surface area contributed by atoms with Crippen LogP contribution in [0.1, 0.15) is 18.4 Å². The second-order valence-electron chi connectivity index (χ2n) is 3.57. The molecule has 4 nitrogen and oxygen atoms in total. The van der Waals surface area contributed by atoms with Crippen molar-refractivity contribution in [2.45, 2.75) is 19.4 Å². The van der Waals surface area contributed by atoms with Crippen LogP contribution in [-0.4, -0.2) is 19.6 Å². The molecule has 3 N–H and O–H groups in total. The molecular formula is C12H18N2O2. The van der Waals surface area contributed by atoms with E-state index in [9.17, 15) is 4.79 Å². The number of hydrogen-bond donors (Lipinski definition) is 2. The van der Waals surface area contributed by atoms with Gasteiger partial charge in [-0.2, -0.15) is 0 Å². The van der Waals surface area contributed by atoms with E-state index in [1.807, 2.05) is 24.3 Å². The third-order valence-electron chi connectivity index (χ3n) is 2.28. The van der Waals surface area contributed by atoms with Gasteiger partial charge < -0.3 is 15.8 Å². The topological polar surface area (TPSA) is 64.3 Å². The number of rotatable bonds is 6. The van der Waals surface area contributed by atoms with Crippen molar-refractivity contribution in [3.8, 4) is 0 Å². The molecule has 0 bridgehead atoms. The molecule has 0 saturated heterocycles. The third-order valence-corrected chi connectivity index (χ3v) is 2.28. The van der Waals surface area contributed by atoms with E-state index in [-0.39, 0.29) is 5.91 Å². The van der Waals surface area contributed by atoms with Gasteiger partial charge >= 0.3 is 0 Å². The fraction of sp³-hybridized carbons (Fsp3) is 0.417. The van der Waals surface area contributed by atoms with Gasteiger partial charge in [0.1, 0.15) is 0 Å². The van der Waals surface area contributed by atoms with Gasteiger partial charge in [-0.1, -0.05) is 18.2 Å². The molecule has 1 aromatic carbocycles. The van der Waals surface area contributed by atoms with Crippen LogP contribution in [0.5, 0.6) is 0 Å². The minimum absolute atomic E-state index is 0.0281. The second-order valence-corrected chi connectivity index (χ2v) is 3.57. The highest BCUT2D eigenvalue weighted by Gasteiger charge is 2.02. The summed E-state index contributed by atoms with van der Waals surface area (Å²) in [5.41, 5.74) is 7.41. The normalized spacial score (nSPS) is 10.1. The number of methoxy groups -OCH3 is 1. The number of benzene rings is 1. The SMILES string of the molecule is COCCCC(=O)NCc1ccccc1N. The highest BCUT2D eigenvalue weighted by atomic mass is 16.5. The van der Waals surface area contributed by atoms with E-state index >= 15 is 0 Å². The Morgan fingerprint density at radius 3 is 2.88 bits per heavy atom. The first-order valence-corrected chi connectivity index (χ1v) is 5.33. The summed E-state index contributed by atoms with van der Waals surface area (Å²) in [5.74, 6) is 0.0281. The van der Waals surface area contributed by atoms with Crippen LogP contribution in [0.3, 0.4) is 0 Å². The molecule has 0 aliphatic carbocycles. The van der Waals surface area contributed by atoms with Crippen LogP contribution in [0.2, 0.25) is 0 Å². The molecule has 0 unspecified atom stereocenters. The van der Waals surface area contributed by atoms with Crippen LogP contribution in [-0.2, 0) is 16.1 Å². The lowest BCUT2D eigenvalue weighted by Crippen LogP contribution is -2.23. The zero-order valence-corrected chi connectivity index (χ0v) is 9.53. The summed E-state index contributed by atoms with van der Waals surface area (Å²) in [4.78, 5) is 11.4. The summed E-state index contributed by atoms with van der Waals surface area (Å²) in [5, 5.41) is 2.82. The average molecular weight is 222 g/mol. The van der Waals surface area contributed by atoms with Crippen LogP contribution >= 0.6 is 0 Å². The fourth-order valence-corrected chi connectivity index (χ4v) is 1.35. The molecule has 1 aromatic rings. The van der Waals surface area contributed by atoms with Crippen molar-refractivity contribution >= 4 is 11.6 Å². The van der Waals surface area contributed by atoms with Crippen molar-refractivity contribution in [3.05, 3.63) is 29.8 Å². The molecule has 0 aromatic heterocycles. The predicted octanol–water partition coefficient (Wildman–Crippen LogP) is 1.31. The fourth-order valence-electron chi connectivity index (χ4n) is 1.35. The number of anilines is 1. The molecule has 16 heavy (non-hydrogen) atoms. The van der Waals surface area contributed by atoms with E-state index in [4.69, 9.17) is 10.5 Å². The molecule has 0 atom stereocenters. The molecule has 0 heterocycles. The van der Waals surface area contributed by atoms with Gasteiger partial charge in [-0.15, -0.1) is 0 Å². The number of para-hydroxylation sites is 1. The first kappa shape index (κ1) is 12.5. The maximum atomic E-state index is 11.4. The monoisotopic (exact) mass is 222 g/mol. The Hall–Kier alpha value is -1.55. The third kappa shape index (κ3) is 4.31. The van der Waals surface area contributed by atoms with Gasteiger partial charge in [0.25, 0.3) is 0 Å². The summed E-state index contributed by atoms with van der Waals surface area (Å²) in [6, 6.07) is 7.51. The highest BCUT2D eigenvalue weighted by molar-refractivity contribution is 5.76. The quantitative estimate of drug-likeness (QED) is 0.563. The number of amides is 1. The zero-order chi connectivity index (χ0) is 11.8. The first-order chi connectivity index (χ1) is 7.74. The van der Waals surface area contributed by atoms with Crippen molar-refractivity contribution < 1.29 is 9.53 Å². The van der Waals surface area contributed by atoms with Crippen LogP contribution in [0.4, 0.5) is 5.69 Å². The Labute approximate surface area is 95.8 Å². The standard InChI is InChI=1S/C12H18N2O2/c1-16-8-4-7-12(15)14-9-10-5-2-3-6-11(10)13/h2-3,5-6H,4,7-9,13H2,1H3,(H,14,15). The van der Waals surface area contributed by atoms with E-state index in [0.717, 1.165) is 12.0 Å². The molecule has 0 radical (unpaired) electrons. The average Bonchev–Trinajstić information content (AvgIpc) is 2.28. The maximum Gasteiger partial charge on any atom is 0.220 e. The highest BCUT2D eigenvalue weighted by Crippen LogP contribution is 2.09. The van der Waals surface area contributed by atoms with Crippen LogP contribution < -0.4 is 11.1 Å². The summed E-state index contributed by atoms with van der Waals surface area (Å²) >= 11 is 0. The first-order valence-electron chi connectivity index (χ1n) is 5.33. The van der Waals surface area contributed by atoms with Crippen molar-refractivity contribution in [1.29, 1.82) is 0 Å². The molecule has 0 saturated carbocycles. The van der Waals surface area contributed by atoms with E-state index in [1.54, 1.807) is 7.11 Å². The summed E-state index contributed by atoms with van der Waals surface area (Å²) in [6.07, 6.45) is 1.23. The van der Waals surface area contributed by atoms with Crippen LogP contribution in [0.25, 0.3) is 0 Å². The number of hydrogen-bond acceptors (Lipinski definition) is 3. The van der Waals surface area contributed by atoms with Gasteiger partial charge in [0.2, 0.25) is 5.91 Å².